The normalized spacial score (nSPS) is 18.7. The summed E-state index contributed by atoms with van der Waals surface area (Å²) < 4.78 is 0. The van der Waals surface area contributed by atoms with Crippen LogP contribution in [-0.4, -0.2) is 89.3 Å². The van der Waals surface area contributed by atoms with Crippen molar-refractivity contribution in [2.45, 2.75) is 12.5 Å². The van der Waals surface area contributed by atoms with Crippen molar-refractivity contribution in [2.75, 3.05) is 56.0 Å². The highest BCUT2D eigenvalue weighted by molar-refractivity contribution is 6.04. The third-order valence-electron chi connectivity index (χ3n) is 6.66. The SMILES string of the molecule is O=C(C[C@H]1C(=O)NCCN1C(=O)CN1CCN(c2ncccn2)CC1)Nc1cccc2ccccc12. The molecule has 0 unspecified atom stereocenters. The van der Waals surface area contributed by atoms with Gasteiger partial charge >= 0.3 is 0 Å². The summed E-state index contributed by atoms with van der Waals surface area (Å²) >= 11 is 0. The fraction of sp³-hybridized carbons (Fsp3) is 0.346. The molecule has 2 aliphatic heterocycles. The summed E-state index contributed by atoms with van der Waals surface area (Å²) in [6.45, 7) is 3.79. The average molecular weight is 488 g/mol. The second-order valence-corrected chi connectivity index (χ2v) is 8.98. The molecule has 2 aromatic carbocycles. The van der Waals surface area contributed by atoms with Crippen LogP contribution in [0.25, 0.3) is 10.8 Å². The number of piperazine rings is 2. The van der Waals surface area contributed by atoms with E-state index >= 15 is 0 Å². The maximum Gasteiger partial charge on any atom is 0.243 e. The van der Waals surface area contributed by atoms with Gasteiger partial charge in [-0.05, 0) is 17.5 Å². The first-order chi connectivity index (χ1) is 17.6. The van der Waals surface area contributed by atoms with Gasteiger partial charge in [-0.1, -0.05) is 36.4 Å². The van der Waals surface area contributed by atoms with E-state index in [-0.39, 0.29) is 30.7 Å². The predicted molar refractivity (Wildman–Crippen MR) is 136 cm³/mol. The second-order valence-electron chi connectivity index (χ2n) is 8.98. The number of nitrogens with one attached hydrogen (secondary N) is 2. The van der Waals surface area contributed by atoms with Crippen LogP contribution >= 0.6 is 0 Å². The van der Waals surface area contributed by atoms with E-state index in [1.54, 1.807) is 23.4 Å². The maximum absolute atomic E-state index is 13.2. The molecule has 1 aromatic heterocycles. The number of hydrogen-bond donors (Lipinski definition) is 2. The van der Waals surface area contributed by atoms with Gasteiger partial charge in [0.15, 0.2) is 0 Å². The van der Waals surface area contributed by atoms with Crippen molar-refractivity contribution < 1.29 is 14.4 Å². The van der Waals surface area contributed by atoms with E-state index < -0.39 is 6.04 Å². The Balaban J connectivity index is 1.20. The number of amides is 3. The van der Waals surface area contributed by atoms with Crippen LogP contribution in [0, 0.1) is 0 Å². The van der Waals surface area contributed by atoms with E-state index in [2.05, 4.69) is 30.4 Å². The zero-order chi connectivity index (χ0) is 24.9. The van der Waals surface area contributed by atoms with Gasteiger partial charge in [-0.15, -0.1) is 0 Å². The molecule has 0 radical (unpaired) electrons. The van der Waals surface area contributed by atoms with Gasteiger partial charge in [0.2, 0.25) is 23.7 Å². The Bertz CT molecular complexity index is 1240. The highest BCUT2D eigenvalue weighted by atomic mass is 16.2. The van der Waals surface area contributed by atoms with Crippen LogP contribution in [0.3, 0.4) is 0 Å². The number of carbonyl (C=O) groups excluding carboxylic acids is 3. The monoisotopic (exact) mass is 487 g/mol. The molecular formula is C26H29N7O3. The van der Waals surface area contributed by atoms with Crippen LogP contribution in [0.2, 0.25) is 0 Å². The number of rotatable bonds is 6. The maximum atomic E-state index is 13.2. The van der Waals surface area contributed by atoms with Crippen molar-refractivity contribution in [3.05, 3.63) is 60.9 Å². The summed E-state index contributed by atoms with van der Waals surface area (Å²) in [5.41, 5.74) is 0.687. The van der Waals surface area contributed by atoms with Gasteiger partial charge in [0.05, 0.1) is 13.0 Å². The average Bonchev–Trinajstić information content (AvgIpc) is 2.91. The molecule has 2 fully saturated rings. The number of fused-ring (bicyclic) bond motifs is 1. The molecule has 3 amide bonds. The molecule has 3 heterocycles. The van der Waals surface area contributed by atoms with Crippen molar-refractivity contribution in [3.8, 4) is 0 Å². The van der Waals surface area contributed by atoms with Gasteiger partial charge in [-0.3, -0.25) is 19.3 Å². The quantitative estimate of drug-likeness (QED) is 0.536. The summed E-state index contributed by atoms with van der Waals surface area (Å²) in [5.74, 6) is -0.0536. The fourth-order valence-electron chi connectivity index (χ4n) is 4.77. The molecule has 2 N–H and O–H groups in total. The number of nitrogens with zero attached hydrogens (tertiary/aromatic N) is 5. The number of aromatic nitrogens is 2. The van der Waals surface area contributed by atoms with Crippen LogP contribution in [0.1, 0.15) is 6.42 Å². The molecule has 0 bridgehead atoms. The molecular weight excluding hydrogens is 458 g/mol. The van der Waals surface area contributed by atoms with E-state index in [1.807, 2.05) is 42.5 Å². The van der Waals surface area contributed by atoms with Gasteiger partial charge in [-0.2, -0.15) is 0 Å². The topological polar surface area (TPSA) is 111 Å². The number of anilines is 2. The van der Waals surface area contributed by atoms with Crippen LogP contribution in [0.4, 0.5) is 11.6 Å². The highest BCUT2D eigenvalue weighted by Gasteiger charge is 2.35. The molecule has 0 spiro atoms. The smallest absolute Gasteiger partial charge is 0.243 e. The second kappa shape index (κ2) is 10.7. The van der Waals surface area contributed by atoms with Gasteiger partial charge in [0, 0.05) is 62.7 Å². The number of carbonyl (C=O) groups is 3. The molecule has 36 heavy (non-hydrogen) atoms. The van der Waals surface area contributed by atoms with Crippen LogP contribution in [0.15, 0.2) is 60.9 Å². The lowest BCUT2D eigenvalue weighted by atomic mass is 10.1. The van der Waals surface area contributed by atoms with E-state index in [9.17, 15) is 14.4 Å². The Labute approximate surface area is 209 Å². The van der Waals surface area contributed by atoms with Crippen molar-refractivity contribution in [1.82, 2.24) is 25.1 Å². The van der Waals surface area contributed by atoms with Gasteiger partial charge < -0.3 is 20.4 Å². The molecule has 2 aliphatic rings. The first-order valence-corrected chi connectivity index (χ1v) is 12.2. The van der Waals surface area contributed by atoms with Crippen LogP contribution in [0.5, 0.6) is 0 Å². The first-order valence-electron chi connectivity index (χ1n) is 12.2. The Kier molecular flexibility index (Phi) is 7.03. The minimum absolute atomic E-state index is 0.0973. The van der Waals surface area contributed by atoms with Crippen molar-refractivity contribution in [2.24, 2.45) is 0 Å². The third-order valence-corrected chi connectivity index (χ3v) is 6.66. The molecule has 10 heteroatoms. The predicted octanol–water partition coefficient (Wildman–Crippen LogP) is 1.11. The molecule has 186 valence electrons. The van der Waals surface area contributed by atoms with Crippen molar-refractivity contribution >= 4 is 40.1 Å². The van der Waals surface area contributed by atoms with Gasteiger partial charge in [-0.25, -0.2) is 9.97 Å². The minimum Gasteiger partial charge on any atom is -0.353 e. The number of benzene rings is 2. The lowest BCUT2D eigenvalue weighted by Gasteiger charge is -2.38. The molecule has 5 rings (SSSR count). The lowest BCUT2D eigenvalue weighted by molar-refractivity contribution is -0.145. The van der Waals surface area contributed by atoms with Crippen molar-refractivity contribution in [1.29, 1.82) is 0 Å². The van der Waals surface area contributed by atoms with Crippen LogP contribution < -0.4 is 15.5 Å². The van der Waals surface area contributed by atoms with E-state index in [4.69, 9.17) is 0 Å². The fourth-order valence-corrected chi connectivity index (χ4v) is 4.77. The number of hydrogen-bond acceptors (Lipinski definition) is 7. The molecule has 2 saturated heterocycles. The minimum atomic E-state index is -0.833. The summed E-state index contributed by atoms with van der Waals surface area (Å²) in [7, 11) is 0. The Morgan fingerprint density at radius 2 is 1.69 bits per heavy atom. The molecule has 3 aromatic rings. The van der Waals surface area contributed by atoms with Gasteiger partial charge in [0.1, 0.15) is 6.04 Å². The third kappa shape index (κ3) is 5.28. The molecule has 1 atom stereocenters. The Morgan fingerprint density at radius 3 is 2.50 bits per heavy atom. The Morgan fingerprint density at radius 1 is 0.944 bits per heavy atom. The van der Waals surface area contributed by atoms with E-state index in [0.29, 0.717) is 50.9 Å². The highest BCUT2D eigenvalue weighted by Crippen LogP contribution is 2.23. The summed E-state index contributed by atoms with van der Waals surface area (Å²) in [6.07, 6.45) is 3.34. The van der Waals surface area contributed by atoms with Crippen molar-refractivity contribution in [3.63, 3.8) is 0 Å². The summed E-state index contributed by atoms with van der Waals surface area (Å²) in [4.78, 5) is 53.1. The van der Waals surface area contributed by atoms with Crippen LogP contribution in [-0.2, 0) is 14.4 Å². The largest absolute Gasteiger partial charge is 0.353 e. The summed E-state index contributed by atoms with van der Waals surface area (Å²) in [6, 6.07) is 14.4. The molecule has 0 aliphatic carbocycles. The first kappa shape index (κ1) is 23.7. The standard InChI is InChI=1S/C26H29N7O3/c34-23(30-21-8-3-6-19-5-1-2-7-20(19)21)17-22-25(36)27-11-12-33(22)24(35)18-31-13-15-32(16-14-31)26-28-9-4-10-29-26/h1-10,22H,11-18H2,(H,27,36)(H,30,34)/t22-/m0/s1. The zero-order valence-electron chi connectivity index (χ0n) is 20.0. The lowest BCUT2D eigenvalue weighted by Crippen LogP contribution is -2.60. The van der Waals surface area contributed by atoms with E-state index in [1.165, 1.54) is 0 Å². The Hall–Kier alpha value is -4.05. The zero-order valence-corrected chi connectivity index (χ0v) is 20.0. The summed E-state index contributed by atoms with van der Waals surface area (Å²) in [5, 5.41) is 7.67. The van der Waals surface area contributed by atoms with Gasteiger partial charge in [0.25, 0.3) is 0 Å². The molecule has 0 saturated carbocycles. The molecule has 10 nitrogen and oxygen atoms in total. The van der Waals surface area contributed by atoms with E-state index in [0.717, 1.165) is 10.8 Å².